The van der Waals surface area contributed by atoms with E-state index in [0.717, 1.165) is 12.2 Å². The van der Waals surface area contributed by atoms with Gasteiger partial charge in [-0.25, -0.2) is 14.6 Å². The van der Waals surface area contributed by atoms with E-state index in [0.29, 0.717) is 0 Å². The number of hydrogen-bond acceptors (Lipinski definition) is 4. The first-order valence-electron chi connectivity index (χ1n) is 10.3. The van der Waals surface area contributed by atoms with Gasteiger partial charge in [-0.05, 0) is 35.7 Å². The summed E-state index contributed by atoms with van der Waals surface area (Å²) in [6, 6.07) is 28.1. The molecule has 4 rings (SSSR count). The zero-order valence-electron chi connectivity index (χ0n) is 18.1. The summed E-state index contributed by atoms with van der Waals surface area (Å²) in [6.07, 6.45) is 5.56. The summed E-state index contributed by atoms with van der Waals surface area (Å²) in [5.74, 6) is -3.65. The fraction of sp³-hybridized carbons (Fsp3) is 0.115. The minimum Gasteiger partial charge on any atom is -0.473 e. The van der Waals surface area contributed by atoms with Crippen LogP contribution in [0.5, 0.6) is 0 Å². The van der Waals surface area contributed by atoms with E-state index in [2.05, 4.69) is 96.1 Å². The maximum absolute atomic E-state index is 9.10. The van der Waals surface area contributed by atoms with Crippen LogP contribution in [0.3, 0.4) is 0 Å². The molecule has 1 aromatic heterocycles. The fourth-order valence-electron chi connectivity index (χ4n) is 3.25. The number of carbonyl (C=O) groups is 2. The van der Waals surface area contributed by atoms with Gasteiger partial charge in [-0.15, -0.1) is 0 Å². The molecular formula is C26H25N3O4. The van der Waals surface area contributed by atoms with Crippen LogP contribution in [0.2, 0.25) is 0 Å². The van der Waals surface area contributed by atoms with Gasteiger partial charge < -0.3 is 20.1 Å². The number of aliphatic carboxylic acids is 2. The third kappa shape index (κ3) is 6.88. The van der Waals surface area contributed by atoms with E-state index in [9.17, 15) is 0 Å². The van der Waals surface area contributed by atoms with Crippen molar-refractivity contribution in [3.8, 4) is 5.69 Å². The van der Waals surface area contributed by atoms with Crippen LogP contribution in [0.25, 0.3) is 5.69 Å². The molecule has 0 radical (unpaired) electrons. The Hall–Kier alpha value is -4.23. The van der Waals surface area contributed by atoms with Crippen molar-refractivity contribution in [2.75, 3.05) is 0 Å². The molecule has 33 heavy (non-hydrogen) atoms. The average Bonchev–Trinajstić information content (AvgIpc) is 3.37. The molecule has 0 aliphatic carbocycles. The summed E-state index contributed by atoms with van der Waals surface area (Å²) in [7, 11) is 0. The lowest BCUT2D eigenvalue weighted by atomic mass is 9.97. The van der Waals surface area contributed by atoms with E-state index in [-0.39, 0.29) is 6.04 Å². The molecule has 4 aromatic rings. The standard InChI is InChI=1S/C24H23N3.C2H2O4/c1-19-7-11-22(12-8-19)24(21-5-3-2-4-6-21)26-17-20-9-13-23(14-10-20)27-16-15-25-18-27;3-1(4)2(5)6/h2-16,18,24,26H,17H2,1H3;(H,3,4)(H,5,6). The number of rotatable bonds is 6. The summed E-state index contributed by atoms with van der Waals surface area (Å²) in [6.45, 7) is 2.92. The van der Waals surface area contributed by atoms with E-state index >= 15 is 0 Å². The van der Waals surface area contributed by atoms with Crippen molar-refractivity contribution in [3.05, 3.63) is 120 Å². The molecule has 0 saturated carbocycles. The van der Waals surface area contributed by atoms with Gasteiger partial charge in [-0.1, -0.05) is 72.3 Å². The highest BCUT2D eigenvalue weighted by Crippen LogP contribution is 2.23. The molecule has 3 N–H and O–H groups in total. The lowest BCUT2D eigenvalue weighted by molar-refractivity contribution is -0.159. The third-order valence-corrected chi connectivity index (χ3v) is 4.98. The molecule has 168 valence electrons. The molecule has 0 aliphatic heterocycles. The highest BCUT2D eigenvalue weighted by Gasteiger charge is 2.13. The summed E-state index contributed by atoms with van der Waals surface area (Å²) in [4.78, 5) is 22.3. The minimum atomic E-state index is -1.82. The number of aryl methyl sites for hydroxylation is 1. The lowest BCUT2D eigenvalue weighted by Crippen LogP contribution is -2.22. The van der Waals surface area contributed by atoms with E-state index in [1.807, 2.05) is 17.1 Å². The van der Waals surface area contributed by atoms with Gasteiger partial charge in [0.2, 0.25) is 0 Å². The van der Waals surface area contributed by atoms with Crippen molar-refractivity contribution in [1.82, 2.24) is 14.9 Å². The Morgan fingerprint density at radius 3 is 2.03 bits per heavy atom. The monoisotopic (exact) mass is 443 g/mol. The summed E-state index contributed by atoms with van der Waals surface area (Å²) >= 11 is 0. The van der Waals surface area contributed by atoms with E-state index in [1.54, 1.807) is 6.20 Å². The van der Waals surface area contributed by atoms with Gasteiger partial charge >= 0.3 is 11.9 Å². The van der Waals surface area contributed by atoms with Gasteiger partial charge in [0.1, 0.15) is 0 Å². The highest BCUT2D eigenvalue weighted by atomic mass is 16.4. The van der Waals surface area contributed by atoms with Crippen molar-refractivity contribution in [2.24, 2.45) is 0 Å². The summed E-state index contributed by atoms with van der Waals surface area (Å²) in [5.41, 5.74) is 6.21. The predicted molar refractivity (Wildman–Crippen MR) is 125 cm³/mol. The van der Waals surface area contributed by atoms with E-state index in [4.69, 9.17) is 19.8 Å². The van der Waals surface area contributed by atoms with Gasteiger partial charge in [0, 0.05) is 24.6 Å². The lowest BCUT2D eigenvalue weighted by Gasteiger charge is -2.20. The number of carboxylic acids is 2. The van der Waals surface area contributed by atoms with Crippen LogP contribution in [0.4, 0.5) is 0 Å². The van der Waals surface area contributed by atoms with Gasteiger partial charge in [0.15, 0.2) is 0 Å². The summed E-state index contributed by atoms with van der Waals surface area (Å²) < 4.78 is 2.01. The van der Waals surface area contributed by atoms with Crippen LogP contribution in [0.15, 0.2) is 97.6 Å². The molecule has 0 spiro atoms. The Morgan fingerprint density at radius 1 is 0.879 bits per heavy atom. The van der Waals surface area contributed by atoms with Crippen LogP contribution in [0, 0.1) is 6.92 Å². The second-order valence-electron chi connectivity index (χ2n) is 7.38. The van der Waals surface area contributed by atoms with Crippen molar-refractivity contribution in [3.63, 3.8) is 0 Å². The molecule has 0 bridgehead atoms. The second kappa shape index (κ2) is 11.4. The van der Waals surface area contributed by atoms with Crippen molar-refractivity contribution in [1.29, 1.82) is 0 Å². The molecule has 0 amide bonds. The maximum Gasteiger partial charge on any atom is 0.414 e. The molecule has 0 fully saturated rings. The van der Waals surface area contributed by atoms with Crippen LogP contribution in [-0.4, -0.2) is 31.7 Å². The minimum absolute atomic E-state index is 0.167. The SMILES string of the molecule is Cc1ccc(C(NCc2ccc(-n3ccnc3)cc2)c2ccccc2)cc1.O=C(O)C(=O)O. The third-order valence-electron chi connectivity index (χ3n) is 4.98. The number of nitrogens with one attached hydrogen (secondary N) is 1. The fourth-order valence-corrected chi connectivity index (χ4v) is 3.25. The largest absolute Gasteiger partial charge is 0.473 e. The first-order valence-corrected chi connectivity index (χ1v) is 10.3. The quantitative estimate of drug-likeness (QED) is 0.386. The van der Waals surface area contributed by atoms with Crippen LogP contribution in [0.1, 0.15) is 28.3 Å². The number of aromatic nitrogens is 2. The molecule has 1 unspecified atom stereocenters. The van der Waals surface area contributed by atoms with Crippen molar-refractivity contribution in [2.45, 2.75) is 19.5 Å². The molecule has 1 atom stereocenters. The molecule has 3 aromatic carbocycles. The molecule has 7 nitrogen and oxygen atoms in total. The molecule has 0 aliphatic rings. The zero-order valence-corrected chi connectivity index (χ0v) is 18.1. The van der Waals surface area contributed by atoms with E-state index in [1.165, 1.54) is 22.3 Å². The highest BCUT2D eigenvalue weighted by molar-refractivity contribution is 6.27. The van der Waals surface area contributed by atoms with E-state index < -0.39 is 11.9 Å². The predicted octanol–water partition coefficient (Wildman–Crippen LogP) is 4.22. The number of imidazole rings is 1. The smallest absolute Gasteiger partial charge is 0.414 e. The molecule has 7 heteroatoms. The molecule has 0 saturated heterocycles. The van der Waals surface area contributed by atoms with Gasteiger partial charge in [0.05, 0.1) is 12.4 Å². The van der Waals surface area contributed by atoms with Crippen LogP contribution < -0.4 is 5.32 Å². The van der Waals surface area contributed by atoms with Crippen LogP contribution >= 0.6 is 0 Å². The van der Waals surface area contributed by atoms with Gasteiger partial charge in [-0.2, -0.15) is 0 Å². The number of carboxylic acid groups (broad SMARTS) is 2. The number of hydrogen-bond donors (Lipinski definition) is 3. The van der Waals surface area contributed by atoms with Crippen LogP contribution in [-0.2, 0) is 16.1 Å². The van der Waals surface area contributed by atoms with Crippen molar-refractivity contribution >= 4 is 11.9 Å². The number of nitrogens with zero attached hydrogens (tertiary/aromatic N) is 2. The average molecular weight is 444 g/mol. The first-order chi connectivity index (χ1) is 15.9. The maximum atomic E-state index is 9.10. The topological polar surface area (TPSA) is 104 Å². The van der Waals surface area contributed by atoms with Gasteiger partial charge in [-0.3, -0.25) is 0 Å². The Balaban J connectivity index is 0.000000454. The Kier molecular flexibility index (Phi) is 8.10. The normalized spacial score (nSPS) is 11.2. The number of benzene rings is 3. The first kappa shape index (κ1) is 23.4. The Labute approximate surface area is 192 Å². The second-order valence-corrected chi connectivity index (χ2v) is 7.38. The Bertz CT molecular complexity index is 1140. The molecular weight excluding hydrogens is 418 g/mol. The van der Waals surface area contributed by atoms with Gasteiger partial charge in [0.25, 0.3) is 0 Å². The van der Waals surface area contributed by atoms with Crippen molar-refractivity contribution < 1.29 is 19.8 Å². The summed E-state index contributed by atoms with van der Waals surface area (Å²) in [5, 5.41) is 18.5. The molecule has 1 heterocycles. The zero-order chi connectivity index (χ0) is 23.6. The Morgan fingerprint density at radius 2 is 1.48 bits per heavy atom.